The van der Waals surface area contributed by atoms with Crippen molar-refractivity contribution >= 4 is 17.5 Å². The maximum atomic E-state index is 13.2. The van der Waals surface area contributed by atoms with Gasteiger partial charge in [-0.15, -0.1) is 0 Å². The fraction of sp³-hybridized carbons (Fsp3) is 0.636. The molecule has 1 aromatic carbocycles. The summed E-state index contributed by atoms with van der Waals surface area (Å²) < 4.78 is 50.1. The van der Waals surface area contributed by atoms with Crippen LogP contribution in [0.3, 0.4) is 0 Å². The van der Waals surface area contributed by atoms with E-state index in [-0.39, 0.29) is 55.1 Å². The molecule has 1 N–H and O–H groups in total. The zero-order valence-corrected chi connectivity index (χ0v) is 19.2. The molecule has 2 rings (SSSR count). The van der Waals surface area contributed by atoms with Crippen molar-refractivity contribution in [3.05, 3.63) is 23.8 Å². The van der Waals surface area contributed by atoms with Crippen LogP contribution in [0.5, 0.6) is 5.75 Å². The molecule has 0 unspecified atom stereocenters. The average Bonchev–Trinajstić information content (AvgIpc) is 2.70. The largest absolute Gasteiger partial charge is 0.491 e. The average molecular weight is 460 g/mol. The number of halogens is 3. The Kier molecular flexibility index (Phi) is 8.91. The first-order valence-electron chi connectivity index (χ1n) is 10.5. The molecule has 1 aliphatic rings. The second-order valence-corrected chi connectivity index (χ2v) is 8.35. The fourth-order valence-corrected chi connectivity index (χ4v) is 3.71. The van der Waals surface area contributed by atoms with E-state index in [0.29, 0.717) is 18.0 Å². The molecule has 1 aromatic rings. The Labute approximate surface area is 186 Å². The van der Waals surface area contributed by atoms with E-state index >= 15 is 0 Å². The van der Waals surface area contributed by atoms with E-state index < -0.39 is 12.6 Å². The predicted molar refractivity (Wildman–Crippen MR) is 115 cm³/mol. The van der Waals surface area contributed by atoms with Crippen LogP contribution < -0.4 is 10.1 Å². The number of methoxy groups -OCH3 is 1. The zero-order chi connectivity index (χ0) is 24.1. The van der Waals surface area contributed by atoms with E-state index in [4.69, 9.17) is 9.47 Å². The number of rotatable bonds is 4. The van der Waals surface area contributed by atoms with Crippen LogP contribution in [0.2, 0.25) is 0 Å². The number of fused-ring (bicyclic) bond motifs is 1. The number of alkyl halides is 3. The Bertz CT molecular complexity index is 803. The second kappa shape index (κ2) is 11.0. The minimum Gasteiger partial charge on any atom is -0.491 e. The van der Waals surface area contributed by atoms with Crippen molar-refractivity contribution in [2.75, 3.05) is 45.7 Å². The lowest BCUT2D eigenvalue weighted by Crippen LogP contribution is -2.47. The van der Waals surface area contributed by atoms with Gasteiger partial charge in [-0.3, -0.25) is 14.5 Å². The van der Waals surface area contributed by atoms with Crippen LogP contribution in [-0.2, 0) is 9.53 Å². The highest BCUT2D eigenvalue weighted by Gasteiger charge is 2.32. The number of nitrogens with one attached hydrogen (secondary N) is 1. The van der Waals surface area contributed by atoms with E-state index in [2.05, 4.69) is 5.32 Å². The van der Waals surface area contributed by atoms with Gasteiger partial charge in [-0.2, -0.15) is 13.2 Å². The highest BCUT2D eigenvalue weighted by molar-refractivity contribution is 5.99. The van der Waals surface area contributed by atoms with Crippen molar-refractivity contribution in [1.29, 1.82) is 0 Å². The van der Waals surface area contributed by atoms with Crippen LogP contribution in [0, 0.1) is 5.92 Å². The van der Waals surface area contributed by atoms with E-state index in [1.165, 1.54) is 18.9 Å². The van der Waals surface area contributed by atoms with Gasteiger partial charge >= 0.3 is 6.18 Å². The Balaban J connectivity index is 2.39. The van der Waals surface area contributed by atoms with E-state index in [9.17, 15) is 22.8 Å². The summed E-state index contributed by atoms with van der Waals surface area (Å²) in [5.74, 6) is -0.401. The van der Waals surface area contributed by atoms with E-state index in [1.807, 2.05) is 6.92 Å². The first-order chi connectivity index (χ1) is 14.9. The van der Waals surface area contributed by atoms with Crippen LogP contribution in [-0.4, -0.2) is 80.3 Å². The molecule has 1 aliphatic heterocycles. The van der Waals surface area contributed by atoms with Gasteiger partial charge in [0.05, 0.1) is 18.1 Å². The molecule has 32 heavy (non-hydrogen) atoms. The molecule has 180 valence electrons. The van der Waals surface area contributed by atoms with Crippen molar-refractivity contribution in [1.82, 2.24) is 9.80 Å². The van der Waals surface area contributed by atoms with Crippen LogP contribution in [0.25, 0.3) is 0 Å². The molecule has 1 heterocycles. The first kappa shape index (κ1) is 25.9. The van der Waals surface area contributed by atoms with Gasteiger partial charge in [-0.25, -0.2) is 0 Å². The Morgan fingerprint density at radius 3 is 2.56 bits per heavy atom. The van der Waals surface area contributed by atoms with E-state index in [1.54, 1.807) is 37.1 Å². The number of anilines is 1. The van der Waals surface area contributed by atoms with Crippen LogP contribution >= 0.6 is 0 Å². The topological polar surface area (TPSA) is 71.1 Å². The molecule has 0 saturated heterocycles. The summed E-state index contributed by atoms with van der Waals surface area (Å²) in [5.41, 5.74) is 0.709. The van der Waals surface area contributed by atoms with Gasteiger partial charge in [0.25, 0.3) is 5.91 Å². The normalized spacial score (nSPS) is 23.6. The van der Waals surface area contributed by atoms with E-state index in [0.717, 1.165) is 0 Å². The highest BCUT2D eigenvalue weighted by atomic mass is 19.4. The molecule has 0 radical (unpaired) electrons. The lowest BCUT2D eigenvalue weighted by molar-refractivity contribution is -0.140. The summed E-state index contributed by atoms with van der Waals surface area (Å²) in [5, 5.41) is 2.65. The molecule has 0 bridgehead atoms. The Morgan fingerprint density at radius 2 is 1.97 bits per heavy atom. The molecule has 2 amide bonds. The molecule has 0 spiro atoms. The van der Waals surface area contributed by atoms with Gasteiger partial charge in [-0.05, 0) is 31.0 Å². The quantitative estimate of drug-likeness (QED) is 0.747. The minimum atomic E-state index is -4.26. The maximum absolute atomic E-state index is 13.2. The SMILES string of the molecule is CO[C@H]1CN(C)C(=O)c2cc(NC(C)=O)ccc2OC[C@@H](C)N(CCC(F)(F)F)C[C@H]1C. The summed E-state index contributed by atoms with van der Waals surface area (Å²) in [6, 6.07) is 4.42. The predicted octanol–water partition coefficient (Wildman–Crippen LogP) is 3.40. The Morgan fingerprint density at radius 1 is 1.28 bits per heavy atom. The summed E-state index contributed by atoms with van der Waals surface area (Å²) >= 11 is 0. The molecular weight excluding hydrogens is 427 g/mol. The van der Waals surface area contributed by atoms with Gasteiger partial charge in [0.15, 0.2) is 0 Å². The number of ether oxygens (including phenoxy) is 2. The highest BCUT2D eigenvalue weighted by Crippen LogP contribution is 2.27. The number of hydrogen-bond acceptors (Lipinski definition) is 5. The number of amides is 2. The number of carbonyl (C=O) groups is 2. The third-order valence-corrected chi connectivity index (χ3v) is 5.58. The minimum absolute atomic E-state index is 0.103. The first-order valence-corrected chi connectivity index (χ1v) is 10.5. The molecule has 0 aromatic heterocycles. The third-order valence-electron chi connectivity index (χ3n) is 5.58. The second-order valence-electron chi connectivity index (χ2n) is 8.35. The zero-order valence-electron chi connectivity index (χ0n) is 19.2. The molecule has 10 heteroatoms. The molecule has 0 fully saturated rings. The summed E-state index contributed by atoms with van der Waals surface area (Å²) in [7, 11) is 3.16. The lowest BCUT2D eigenvalue weighted by Gasteiger charge is -2.36. The van der Waals surface area contributed by atoms with Crippen molar-refractivity contribution in [3.8, 4) is 5.75 Å². The monoisotopic (exact) mass is 459 g/mol. The fourth-order valence-electron chi connectivity index (χ4n) is 3.71. The third kappa shape index (κ3) is 7.37. The molecule has 7 nitrogen and oxygen atoms in total. The van der Waals surface area contributed by atoms with Crippen molar-refractivity contribution < 1.29 is 32.2 Å². The molecular formula is C22H32F3N3O4. The van der Waals surface area contributed by atoms with Crippen LogP contribution in [0.4, 0.5) is 18.9 Å². The summed E-state index contributed by atoms with van der Waals surface area (Å²) in [6.07, 6.45) is -5.54. The van der Waals surface area contributed by atoms with Gasteiger partial charge in [0, 0.05) is 52.4 Å². The maximum Gasteiger partial charge on any atom is 0.390 e. The Hall–Kier alpha value is -2.33. The number of carbonyl (C=O) groups excluding carboxylic acids is 2. The summed E-state index contributed by atoms with van der Waals surface area (Å²) in [4.78, 5) is 27.8. The number of likely N-dealkylation sites (N-methyl/N-ethyl adjacent to an activating group) is 1. The molecule has 0 saturated carbocycles. The van der Waals surface area contributed by atoms with Crippen LogP contribution in [0.15, 0.2) is 18.2 Å². The molecule has 3 atom stereocenters. The number of nitrogens with zero attached hydrogens (tertiary/aromatic N) is 2. The number of hydrogen-bond donors (Lipinski definition) is 1. The van der Waals surface area contributed by atoms with Gasteiger partial charge in [-0.1, -0.05) is 6.92 Å². The molecule has 0 aliphatic carbocycles. The summed E-state index contributed by atoms with van der Waals surface area (Å²) in [6.45, 7) is 5.64. The standard InChI is InChI=1S/C22H32F3N3O4/c1-14-11-28(9-8-22(23,24)25)15(2)13-32-19-7-6-17(26-16(3)29)10-18(19)21(30)27(4)12-20(14)31-5/h6-7,10,14-15,20H,8-9,11-13H2,1-5H3,(H,26,29)/t14-,15-,20+/m1/s1. The van der Waals surface area contributed by atoms with Crippen molar-refractivity contribution in [2.24, 2.45) is 5.92 Å². The van der Waals surface area contributed by atoms with Crippen LogP contribution in [0.1, 0.15) is 37.6 Å². The lowest BCUT2D eigenvalue weighted by atomic mass is 10.0. The van der Waals surface area contributed by atoms with Crippen molar-refractivity contribution in [3.63, 3.8) is 0 Å². The smallest absolute Gasteiger partial charge is 0.390 e. The van der Waals surface area contributed by atoms with Gasteiger partial charge in [0.1, 0.15) is 12.4 Å². The van der Waals surface area contributed by atoms with Gasteiger partial charge < -0.3 is 19.7 Å². The number of benzene rings is 1. The van der Waals surface area contributed by atoms with Crippen molar-refractivity contribution in [2.45, 2.75) is 45.5 Å². The van der Waals surface area contributed by atoms with Gasteiger partial charge in [0.2, 0.25) is 5.91 Å².